The maximum atomic E-state index is 13.4. The zero-order valence-electron chi connectivity index (χ0n) is 17.8. The lowest BCUT2D eigenvalue weighted by Crippen LogP contribution is -2.44. The van der Waals surface area contributed by atoms with Gasteiger partial charge in [0.1, 0.15) is 17.5 Å². The van der Waals surface area contributed by atoms with Crippen molar-refractivity contribution in [2.45, 2.75) is 24.4 Å². The van der Waals surface area contributed by atoms with Crippen LogP contribution in [0.25, 0.3) is 0 Å². The Morgan fingerprint density at radius 3 is 2.24 bits per heavy atom. The molecule has 0 spiro atoms. The molecule has 0 saturated carbocycles. The first kappa shape index (κ1) is 22.4. The molecule has 1 fully saturated rings. The number of nitrogens with one attached hydrogen (secondary N) is 2. The highest BCUT2D eigenvalue weighted by Crippen LogP contribution is 2.25. The smallest absolute Gasteiger partial charge is 0.322 e. The number of carbonyl (C=O) groups excluding carboxylic acids is 2. The van der Waals surface area contributed by atoms with Crippen LogP contribution in [0.2, 0.25) is 0 Å². The summed E-state index contributed by atoms with van der Waals surface area (Å²) in [7, 11) is -4.00. The van der Waals surface area contributed by atoms with Gasteiger partial charge in [-0.2, -0.15) is 4.31 Å². The summed E-state index contributed by atoms with van der Waals surface area (Å²) in [5.41, 5.74) is 1.75. The number of benzene rings is 2. The Bertz CT molecular complexity index is 1250. The molecule has 10 heteroatoms. The van der Waals surface area contributed by atoms with E-state index in [1.54, 1.807) is 36.7 Å². The summed E-state index contributed by atoms with van der Waals surface area (Å²) < 4.78 is 33.8. The Hall–Kier alpha value is -3.76. The summed E-state index contributed by atoms with van der Waals surface area (Å²) >= 11 is 0. The van der Waals surface area contributed by atoms with Gasteiger partial charge >= 0.3 is 6.03 Å². The number of imide groups is 1. The van der Waals surface area contributed by atoms with E-state index in [9.17, 15) is 18.0 Å². The minimum Gasteiger partial charge on any atom is -0.457 e. The molecule has 0 radical (unpaired) electrons. The molecule has 0 bridgehead atoms. The number of nitrogens with zero attached hydrogens (tertiary/aromatic N) is 2. The molecular formula is C23H22N4O5S. The third-order valence-corrected chi connectivity index (χ3v) is 6.87. The lowest BCUT2D eigenvalue weighted by atomic mass is 10.2. The number of sulfonamides is 1. The Kier molecular flexibility index (Phi) is 6.38. The van der Waals surface area contributed by atoms with Crippen molar-refractivity contribution in [2.24, 2.45) is 0 Å². The molecule has 2 N–H and O–H groups in total. The Morgan fingerprint density at radius 1 is 1.00 bits per heavy atom. The molecule has 2 heterocycles. The summed E-state index contributed by atoms with van der Waals surface area (Å²) in [6.07, 6.45) is 3.13. The van der Waals surface area contributed by atoms with E-state index >= 15 is 0 Å². The fourth-order valence-electron chi connectivity index (χ4n) is 3.31. The van der Waals surface area contributed by atoms with Gasteiger partial charge in [0.15, 0.2) is 0 Å². The van der Waals surface area contributed by atoms with Crippen molar-refractivity contribution in [3.8, 4) is 11.5 Å². The molecule has 1 aliphatic heterocycles. The molecule has 3 amide bonds. The molecule has 0 aliphatic carbocycles. The number of rotatable bonds is 8. The first-order valence-corrected chi connectivity index (χ1v) is 11.6. The second kappa shape index (κ2) is 9.39. The molecule has 33 heavy (non-hydrogen) atoms. The number of hydrogen-bond donors (Lipinski definition) is 2. The van der Waals surface area contributed by atoms with Gasteiger partial charge in [0.2, 0.25) is 10.0 Å². The van der Waals surface area contributed by atoms with Gasteiger partial charge < -0.3 is 10.1 Å². The van der Waals surface area contributed by atoms with E-state index < -0.39 is 28.0 Å². The Labute approximate surface area is 191 Å². The lowest BCUT2D eigenvalue weighted by molar-refractivity contribution is -0.120. The first-order valence-electron chi connectivity index (χ1n) is 10.2. The molecule has 4 rings (SSSR count). The van der Waals surface area contributed by atoms with Crippen molar-refractivity contribution in [1.82, 2.24) is 19.9 Å². The second-order valence-electron chi connectivity index (χ2n) is 7.56. The number of ether oxygens (including phenoxy) is 1. The lowest BCUT2D eigenvalue weighted by Gasteiger charge is -2.24. The average molecular weight is 467 g/mol. The number of carbonyl (C=O) groups is 2. The zero-order valence-corrected chi connectivity index (χ0v) is 18.6. The summed E-state index contributed by atoms with van der Waals surface area (Å²) in [4.78, 5) is 27.6. The van der Waals surface area contributed by atoms with Crippen LogP contribution in [0.3, 0.4) is 0 Å². The summed E-state index contributed by atoms with van der Waals surface area (Å²) in [5.74, 6) is 0.546. The molecule has 3 aromatic rings. The number of aryl methyl sites for hydroxylation is 1. The molecule has 1 aliphatic rings. The predicted octanol–water partition coefficient (Wildman–Crippen LogP) is 2.58. The maximum absolute atomic E-state index is 13.4. The number of aromatic nitrogens is 1. The highest BCUT2D eigenvalue weighted by atomic mass is 32.2. The van der Waals surface area contributed by atoms with Crippen molar-refractivity contribution >= 4 is 22.0 Å². The van der Waals surface area contributed by atoms with Crippen LogP contribution in [0, 0.1) is 6.92 Å². The molecule has 1 atom stereocenters. The van der Waals surface area contributed by atoms with E-state index in [2.05, 4.69) is 15.6 Å². The van der Waals surface area contributed by atoms with Gasteiger partial charge in [0.05, 0.1) is 4.90 Å². The molecule has 1 aromatic heterocycles. The van der Waals surface area contributed by atoms with Crippen molar-refractivity contribution in [3.63, 3.8) is 0 Å². The van der Waals surface area contributed by atoms with Gasteiger partial charge in [-0.1, -0.05) is 23.8 Å². The number of hydrogen-bond acceptors (Lipinski definition) is 6. The molecular weight excluding hydrogens is 444 g/mol. The van der Waals surface area contributed by atoms with E-state index in [1.807, 2.05) is 31.2 Å². The van der Waals surface area contributed by atoms with E-state index in [4.69, 9.17) is 4.74 Å². The normalized spacial score (nSPS) is 15.9. The topological polar surface area (TPSA) is 118 Å². The fourth-order valence-corrected chi connectivity index (χ4v) is 4.75. The Balaban J connectivity index is 1.57. The Morgan fingerprint density at radius 2 is 1.67 bits per heavy atom. The van der Waals surface area contributed by atoms with Crippen LogP contribution in [0.15, 0.2) is 78.0 Å². The van der Waals surface area contributed by atoms with Crippen LogP contribution in [-0.4, -0.2) is 42.2 Å². The number of pyridine rings is 1. The summed E-state index contributed by atoms with van der Waals surface area (Å²) in [5, 5.41) is 4.56. The number of urea groups is 1. The monoisotopic (exact) mass is 466 g/mol. The van der Waals surface area contributed by atoms with Crippen LogP contribution >= 0.6 is 0 Å². The second-order valence-corrected chi connectivity index (χ2v) is 9.50. The van der Waals surface area contributed by atoms with Crippen LogP contribution in [0.4, 0.5) is 4.79 Å². The quantitative estimate of drug-likeness (QED) is 0.493. The van der Waals surface area contributed by atoms with E-state index in [-0.39, 0.29) is 18.0 Å². The zero-order chi connectivity index (χ0) is 23.4. The third-order valence-electron chi connectivity index (χ3n) is 5.04. The SMILES string of the molecule is Cc1ccc(Oc2ccc(S(=O)(=O)N(Cc3cccnc3)CC3NC(=O)NC3=O)cc2)cc1. The van der Waals surface area contributed by atoms with Gasteiger partial charge in [0, 0.05) is 25.5 Å². The maximum Gasteiger partial charge on any atom is 0.322 e. The van der Waals surface area contributed by atoms with Crippen LogP contribution < -0.4 is 15.4 Å². The summed E-state index contributed by atoms with van der Waals surface area (Å²) in [6, 6.07) is 15.3. The largest absolute Gasteiger partial charge is 0.457 e. The third kappa shape index (κ3) is 5.36. The molecule has 1 saturated heterocycles. The first-order chi connectivity index (χ1) is 15.8. The van der Waals surface area contributed by atoms with Crippen LogP contribution in [-0.2, 0) is 21.4 Å². The van der Waals surface area contributed by atoms with Crippen molar-refractivity contribution in [2.75, 3.05) is 6.54 Å². The predicted molar refractivity (Wildman–Crippen MR) is 120 cm³/mol. The fraction of sp³-hybridized carbons (Fsp3) is 0.174. The molecule has 2 aromatic carbocycles. The minimum absolute atomic E-state index is 0.0164. The van der Waals surface area contributed by atoms with Gasteiger partial charge in [-0.15, -0.1) is 0 Å². The number of amides is 3. The van der Waals surface area contributed by atoms with E-state index in [0.29, 0.717) is 17.1 Å². The molecule has 1 unspecified atom stereocenters. The highest BCUT2D eigenvalue weighted by Gasteiger charge is 2.35. The van der Waals surface area contributed by atoms with Gasteiger partial charge in [-0.3, -0.25) is 15.1 Å². The van der Waals surface area contributed by atoms with Crippen LogP contribution in [0.5, 0.6) is 11.5 Å². The average Bonchev–Trinajstić information content (AvgIpc) is 3.12. The van der Waals surface area contributed by atoms with Crippen molar-refractivity contribution < 1.29 is 22.7 Å². The summed E-state index contributed by atoms with van der Waals surface area (Å²) in [6.45, 7) is 1.73. The van der Waals surface area contributed by atoms with Gasteiger partial charge in [-0.05, 0) is 55.0 Å². The molecule has 9 nitrogen and oxygen atoms in total. The standard InChI is InChI=1S/C23H22N4O5S/c1-16-4-6-18(7-5-16)32-19-8-10-20(11-9-19)33(30,31)27(14-17-3-2-12-24-13-17)15-21-22(28)26-23(29)25-21/h2-13,21H,14-15H2,1H3,(H2,25,26,28,29). The van der Waals surface area contributed by atoms with Gasteiger partial charge in [0.25, 0.3) is 5.91 Å². The van der Waals surface area contributed by atoms with E-state index in [1.165, 1.54) is 12.1 Å². The van der Waals surface area contributed by atoms with E-state index in [0.717, 1.165) is 9.87 Å². The van der Waals surface area contributed by atoms with Crippen molar-refractivity contribution in [1.29, 1.82) is 0 Å². The highest BCUT2D eigenvalue weighted by molar-refractivity contribution is 7.89. The van der Waals surface area contributed by atoms with Crippen molar-refractivity contribution in [3.05, 3.63) is 84.2 Å². The van der Waals surface area contributed by atoms with Gasteiger partial charge in [-0.25, -0.2) is 13.2 Å². The minimum atomic E-state index is -4.00. The molecule has 170 valence electrons. The van der Waals surface area contributed by atoms with Crippen LogP contribution in [0.1, 0.15) is 11.1 Å².